The van der Waals surface area contributed by atoms with Crippen LogP contribution in [-0.4, -0.2) is 36.6 Å². The molecule has 8 heteroatoms. The van der Waals surface area contributed by atoms with Gasteiger partial charge in [0.1, 0.15) is 0 Å². The van der Waals surface area contributed by atoms with Gasteiger partial charge in [-0.1, -0.05) is 6.07 Å². The Morgan fingerprint density at radius 3 is 2.72 bits per heavy atom. The number of benzene rings is 1. The molecule has 7 nitrogen and oxygen atoms in total. The highest BCUT2D eigenvalue weighted by Crippen LogP contribution is 2.31. The number of carbonyl (C=O) groups is 2. The van der Waals surface area contributed by atoms with E-state index in [9.17, 15) is 9.59 Å². The average Bonchev–Trinajstić information content (AvgIpc) is 3.32. The Kier molecular flexibility index (Phi) is 7.09. The van der Waals surface area contributed by atoms with Crippen LogP contribution in [0.1, 0.15) is 50.9 Å². The summed E-state index contributed by atoms with van der Waals surface area (Å²) in [6, 6.07) is 5.51. The van der Waals surface area contributed by atoms with Crippen LogP contribution in [0.25, 0.3) is 0 Å². The number of nitrogens with zero attached hydrogens (tertiary/aromatic N) is 2. The average molecular weight is 418 g/mol. The Hall–Kier alpha value is -2.61. The summed E-state index contributed by atoms with van der Waals surface area (Å²) in [7, 11) is 0. The van der Waals surface area contributed by atoms with E-state index >= 15 is 0 Å². The molecule has 1 fully saturated rings. The maximum Gasteiger partial charge on any atom is 0.228 e. The minimum Gasteiger partial charge on any atom is -0.490 e. The maximum absolute atomic E-state index is 12.5. The number of anilines is 1. The van der Waals surface area contributed by atoms with E-state index in [0.717, 1.165) is 12.0 Å². The summed E-state index contributed by atoms with van der Waals surface area (Å²) in [5.41, 5.74) is 1.61. The van der Waals surface area contributed by atoms with Gasteiger partial charge >= 0.3 is 0 Å². The van der Waals surface area contributed by atoms with Crippen molar-refractivity contribution in [3.05, 3.63) is 34.8 Å². The molecule has 0 saturated carbocycles. The van der Waals surface area contributed by atoms with Gasteiger partial charge in [-0.25, -0.2) is 4.98 Å². The van der Waals surface area contributed by atoms with Gasteiger partial charge in [-0.2, -0.15) is 0 Å². The van der Waals surface area contributed by atoms with Crippen molar-refractivity contribution in [2.45, 2.75) is 46.1 Å². The van der Waals surface area contributed by atoms with Gasteiger partial charge in [-0.15, -0.1) is 11.3 Å². The number of amides is 2. The Morgan fingerprint density at radius 2 is 2.03 bits per heavy atom. The minimum atomic E-state index is -0.185. The van der Waals surface area contributed by atoms with Gasteiger partial charge in [0.2, 0.25) is 11.8 Å². The highest BCUT2D eigenvalue weighted by Gasteiger charge is 2.24. The zero-order chi connectivity index (χ0) is 20.8. The number of carbonyl (C=O) groups excluding carboxylic acids is 2. The van der Waals surface area contributed by atoms with E-state index in [1.165, 1.54) is 11.3 Å². The quantitative estimate of drug-likeness (QED) is 0.676. The third kappa shape index (κ3) is 5.26. The number of hydrogen-bond acceptors (Lipinski definition) is 6. The monoisotopic (exact) mass is 417 g/mol. The third-order valence-electron chi connectivity index (χ3n) is 4.63. The van der Waals surface area contributed by atoms with Crippen LogP contribution in [0.3, 0.4) is 0 Å². The highest BCUT2D eigenvalue weighted by molar-refractivity contribution is 7.14. The lowest BCUT2D eigenvalue weighted by Gasteiger charge is -2.17. The summed E-state index contributed by atoms with van der Waals surface area (Å²) in [4.78, 5) is 30.5. The summed E-state index contributed by atoms with van der Waals surface area (Å²) in [5, 5.41) is 5.52. The molecule has 156 valence electrons. The standard InChI is InChI=1S/C21H27N3O4S/c1-4-27-17-9-8-15(11-18(17)28-5-2)14(3)22-19(25)12-16-13-29-21(23-16)24-10-6-7-20(24)26/h8-9,11,13-14H,4-7,10,12H2,1-3H3,(H,22,25)/t14-/m1/s1. The first kappa shape index (κ1) is 21.1. The van der Waals surface area contributed by atoms with E-state index in [4.69, 9.17) is 9.47 Å². The van der Waals surface area contributed by atoms with Crippen molar-refractivity contribution in [1.29, 1.82) is 0 Å². The molecule has 1 atom stereocenters. The summed E-state index contributed by atoms with van der Waals surface area (Å²) < 4.78 is 11.3. The Morgan fingerprint density at radius 1 is 1.28 bits per heavy atom. The molecule has 1 saturated heterocycles. The summed E-state index contributed by atoms with van der Waals surface area (Å²) >= 11 is 1.40. The molecule has 1 aromatic heterocycles. The number of hydrogen-bond donors (Lipinski definition) is 1. The normalized spacial score (nSPS) is 14.7. The number of nitrogens with one attached hydrogen (secondary N) is 1. The number of thiazole rings is 1. The van der Waals surface area contributed by atoms with Crippen molar-refractivity contribution >= 4 is 28.3 Å². The van der Waals surface area contributed by atoms with Gasteiger partial charge in [0.15, 0.2) is 16.6 Å². The van der Waals surface area contributed by atoms with Crippen molar-refractivity contribution in [3.8, 4) is 11.5 Å². The molecule has 2 heterocycles. The minimum absolute atomic E-state index is 0.101. The van der Waals surface area contributed by atoms with Crippen molar-refractivity contribution in [1.82, 2.24) is 10.3 Å². The largest absolute Gasteiger partial charge is 0.490 e. The first-order valence-corrected chi connectivity index (χ1v) is 10.8. The summed E-state index contributed by atoms with van der Waals surface area (Å²) in [6.45, 7) is 7.58. The fourth-order valence-electron chi connectivity index (χ4n) is 3.23. The van der Waals surface area contributed by atoms with Gasteiger partial charge in [0.05, 0.1) is 31.4 Å². The smallest absolute Gasteiger partial charge is 0.228 e. The number of rotatable bonds is 9. The molecular formula is C21H27N3O4S. The molecule has 2 aromatic rings. The molecule has 3 rings (SSSR count). The van der Waals surface area contributed by atoms with Crippen LogP contribution in [0.5, 0.6) is 11.5 Å². The molecule has 1 N–H and O–H groups in total. The van der Waals surface area contributed by atoms with E-state index in [1.807, 2.05) is 44.4 Å². The fourth-order valence-corrected chi connectivity index (χ4v) is 4.10. The van der Waals surface area contributed by atoms with E-state index in [2.05, 4.69) is 10.3 Å². The van der Waals surface area contributed by atoms with Crippen molar-refractivity contribution in [2.24, 2.45) is 0 Å². The molecule has 0 unspecified atom stereocenters. The molecule has 29 heavy (non-hydrogen) atoms. The maximum atomic E-state index is 12.5. The lowest BCUT2D eigenvalue weighted by atomic mass is 10.1. The molecular weight excluding hydrogens is 390 g/mol. The summed E-state index contributed by atoms with van der Waals surface area (Å²) in [6.07, 6.45) is 1.61. The molecule has 0 radical (unpaired) electrons. The van der Waals surface area contributed by atoms with Crippen molar-refractivity contribution in [2.75, 3.05) is 24.7 Å². The first-order valence-electron chi connectivity index (χ1n) is 9.95. The Labute approximate surface area is 175 Å². The van der Waals surface area contributed by atoms with Crippen LogP contribution in [0, 0.1) is 0 Å². The second kappa shape index (κ2) is 9.73. The second-order valence-electron chi connectivity index (χ2n) is 6.81. The van der Waals surface area contributed by atoms with E-state index < -0.39 is 0 Å². The third-order valence-corrected chi connectivity index (χ3v) is 5.54. The second-order valence-corrected chi connectivity index (χ2v) is 7.65. The molecule has 0 bridgehead atoms. The van der Waals surface area contributed by atoms with Crippen LogP contribution in [0.4, 0.5) is 5.13 Å². The SMILES string of the molecule is CCOc1ccc([C@@H](C)NC(=O)Cc2csc(N3CCCC3=O)n2)cc1OCC. The number of aromatic nitrogens is 1. The van der Waals surface area contributed by atoms with Crippen molar-refractivity contribution in [3.63, 3.8) is 0 Å². The predicted octanol–water partition coefficient (Wildman–Crippen LogP) is 3.49. The van der Waals surface area contributed by atoms with E-state index in [1.54, 1.807) is 4.90 Å². The van der Waals surface area contributed by atoms with Crippen LogP contribution < -0.4 is 19.7 Å². The molecule has 0 aliphatic carbocycles. The lowest BCUT2D eigenvalue weighted by Crippen LogP contribution is -2.28. The van der Waals surface area contributed by atoms with E-state index in [-0.39, 0.29) is 24.3 Å². The molecule has 1 aliphatic rings. The number of ether oxygens (including phenoxy) is 2. The van der Waals surface area contributed by atoms with Crippen molar-refractivity contribution < 1.29 is 19.1 Å². The van der Waals surface area contributed by atoms with Gasteiger partial charge < -0.3 is 14.8 Å². The Bertz CT molecular complexity index is 867. The topological polar surface area (TPSA) is 80.8 Å². The zero-order valence-electron chi connectivity index (χ0n) is 17.1. The lowest BCUT2D eigenvalue weighted by molar-refractivity contribution is -0.121. The van der Waals surface area contributed by atoms with Gasteiger partial charge in [-0.3, -0.25) is 14.5 Å². The van der Waals surface area contributed by atoms with Gasteiger partial charge in [0, 0.05) is 18.3 Å². The summed E-state index contributed by atoms with van der Waals surface area (Å²) in [5.74, 6) is 1.36. The first-order chi connectivity index (χ1) is 14.0. The molecule has 2 amide bonds. The van der Waals surface area contributed by atoms with Gasteiger partial charge in [0.25, 0.3) is 0 Å². The van der Waals surface area contributed by atoms with Gasteiger partial charge in [-0.05, 0) is 44.9 Å². The molecule has 1 aliphatic heterocycles. The molecule has 1 aromatic carbocycles. The Balaban J connectivity index is 1.61. The van der Waals surface area contributed by atoms with Crippen LogP contribution in [0.2, 0.25) is 0 Å². The fraction of sp³-hybridized carbons (Fsp3) is 0.476. The van der Waals surface area contributed by atoms with Crippen LogP contribution in [0.15, 0.2) is 23.6 Å². The predicted molar refractivity (Wildman–Crippen MR) is 113 cm³/mol. The highest BCUT2D eigenvalue weighted by atomic mass is 32.1. The van der Waals surface area contributed by atoms with Crippen LogP contribution >= 0.6 is 11.3 Å². The van der Waals surface area contributed by atoms with Crippen LogP contribution in [-0.2, 0) is 16.0 Å². The molecule has 0 spiro atoms. The van der Waals surface area contributed by atoms with E-state index in [0.29, 0.717) is 48.5 Å². The zero-order valence-corrected chi connectivity index (χ0v) is 17.9.